The summed E-state index contributed by atoms with van der Waals surface area (Å²) >= 11 is 6.83. The van der Waals surface area contributed by atoms with Crippen molar-refractivity contribution in [1.82, 2.24) is 19.0 Å². The summed E-state index contributed by atoms with van der Waals surface area (Å²) in [6.07, 6.45) is 9.43. The Morgan fingerprint density at radius 2 is 1.80 bits per heavy atom. The van der Waals surface area contributed by atoms with Crippen molar-refractivity contribution in [2.24, 2.45) is 0 Å². The van der Waals surface area contributed by atoms with E-state index in [4.69, 9.17) is 22.1 Å². The molecule has 41 heavy (non-hydrogen) atoms. The number of rotatable bonds is 7. The van der Waals surface area contributed by atoms with E-state index in [1.54, 1.807) is 32.1 Å². The second kappa shape index (κ2) is 12.2. The lowest BCUT2D eigenvalue weighted by Gasteiger charge is -2.20. The number of carbonyl (C=O) groups is 1. The van der Waals surface area contributed by atoms with Crippen molar-refractivity contribution >= 4 is 50.3 Å². The Bertz CT molecular complexity index is 1570. The van der Waals surface area contributed by atoms with Crippen LogP contribution in [0, 0.1) is 0 Å². The van der Waals surface area contributed by atoms with Crippen LogP contribution in [-0.4, -0.2) is 70.0 Å². The predicted octanol–water partition coefficient (Wildman–Crippen LogP) is 5.48. The number of benzene rings is 2. The Labute approximate surface area is 250 Å². The van der Waals surface area contributed by atoms with Crippen LogP contribution < -0.4 is 0 Å². The highest BCUT2D eigenvalue weighted by Gasteiger charge is 2.35. The van der Waals surface area contributed by atoms with E-state index in [-0.39, 0.29) is 16.9 Å². The van der Waals surface area contributed by atoms with Gasteiger partial charge in [-0.3, -0.25) is 9.69 Å². The monoisotopic (exact) mass is 608 g/mol. The number of nitrogens with zero attached hydrogens (tertiary/aromatic N) is 4. The number of thioether (sulfide) groups is 1. The third kappa shape index (κ3) is 6.05. The Balaban J connectivity index is 1.37. The van der Waals surface area contributed by atoms with E-state index < -0.39 is 10.0 Å². The zero-order chi connectivity index (χ0) is 28.4. The van der Waals surface area contributed by atoms with Gasteiger partial charge in [0.1, 0.15) is 10.0 Å². The first-order valence-corrected chi connectivity index (χ1v) is 16.7. The van der Waals surface area contributed by atoms with Crippen molar-refractivity contribution in [3.05, 3.63) is 71.3 Å². The van der Waals surface area contributed by atoms with Crippen LogP contribution in [0.1, 0.15) is 44.1 Å². The molecule has 3 fully saturated rings. The van der Waals surface area contributed by atoms with Crippen LogP contribution in [0.5, 0.6) is 0 Å². The standard InChI is InChI=1S/C30H32N4O4S3/c35-29-27(40-30(39)33(29)21-25-13-9-17-38-25)19-23-20-34(24-11-4-3-5-12-24)31-28(23)22-10-8-14-26(18-22)41(36,37)32-15-6-1-2-7-16-32/h3-5,8,10-12,14,18-20,25H,1-2,6-7,9,13,15-17,21H2. The highest BCUT2D eigenvalue weighted by Crippen LogP contribution is 2.36. The second-order valence-electron chi connectivity index (χ2n) is 10.5. The molecule has 11 heteroatoms. The Morgan fingerprint density at radius 1 is 1.02 bits per heavy atom. The van der Waals surface area contributed by atoms with Gasteiger partial charge in [-0.2, -0.15) is 9.40 Å². The molecule has 0 saturated carbocycles. The molecular formula is C30H32N4O4S3. The van der Waals surface area contributed by atoms with Crippen LogP contribution in [0.15, 0.2) is 70.6 Å². The summed E-state index contributed by atoms with van der Waals surface area (Å²) in [6.45, 7) is 2.24. The van der Waals surface area contributed by atoms with E-state index in [0.717, 1.165) is 44.2 Å². The van der Waals surface area contributed by atoms with Crippen molar-refractivity contribution in [3.63, 3.8) is 0 Å². The van der Waals surface area contributed by atoms with Gasteiger partial charge in [0.05, 0.1) is 28.1 Å². The lowest BCUT2D eigenvalue weighted by molar-refractivity contribution is -0.123. The highest BCUT2D eigenvalue weighted by molar-refractivity contribution is 8.26. The number of hydrogen-bond acceptors (Lipinski definition) is 7. The minimum atomic E-state index is -3.64. The van der Waals surface area contributed by atoms with E-state index in [1.165, 1.54) is 11.8 Å². The molecule has 1 unspecified atom stereocenters. The summed E-state index contributed by atoms with van der Waals surface area (Å²) in [6, 6.07) is 16.6. The van der Waals surface area contributed by atoms with E-state index in [0.29, 0.717) is 52.3 Å². The lowest BCUT2D eigenvalue weighted by Crippen LogP contribution is -2.35. The first-order valence-electron chi connectivity index (χ1n) is 14.0. The minimum Gasteiger partial charge on any atom is -0.376 e. The number of amides is 1. The maximum atomic E-state index is 13.6. The molecule has 1 atom stereocenters. The maximum absolute atomic E-state index is 13.6. The molecule has 0 radical (unpaired) electrons. The fraction of sp³-hybridized carbons (Fsp3) is 0.367. The zero-order valence-electron chi connectivity index (χ0n) is 22.6. The molecule has 3 aliphatic heterocycles. The normalized spacial score (nSPS) is 21.6. The maximum Gasteiger partial charge on any atom is 0.266 e. The molecule has 3 saturated heterocycles. The van der Waals surface area contributed by atoms with Crippen molar-refractivity contribution in [3.8, 4) is 16.9 Å². The number of thiocarbonyl (C=S) groups is 1. The third-order valence-electron chi connectivity index (χ3n) is 7.64. The molecule has 4 heterocycles. The first kappa shape index (κ1) is 28.3. The molecule has 2 aromatic carbocycles. The fourth-order valence-electron chi connectivity index (χ4n) is 5.46. The molecule has 0 aliphatic carbocycles. The molecule has 0 bridgehead atoms. The lowest BCUT2D eigenvalue weighted by atomic mass is 10.1. The molecule has 0 N–H and O–H groups in total. The van der Waals surface area contributed by atoms with Crippen LogP contribution in [0.25, 0.3) is 23.0 Å². The summed E-state index contributed by atoms with van der Waals surface area (Å²) in [7, 11) is -3.64. The molecule has 0 spiro atoms. The van der Waals surface area contributed by atoms with Crippen LogP contribution in [0.3, 0.4) is 0 Å². The van der Waals surface area contributed by atoms with E-state index >= 15 is 0 Å². The van der Waals surface area contributed by atoms with Gasteiger partial charge in [-0.05, 0) is 56.0 Å². The van der Waals surface area contributed by atoms with Gasteiger partial charge in [-0.1, -0.05) is 67.2 Å². The number of carbonyl (C=O) groups excluding carboxylic acids is 1. The number of para-hydroxylation sites is 1. The van der Waals surface area contributed by atoms with Gasteiger partial charge in [0.15, 0.2) is 0 Å². The van der Waals surface area contributed by atoms with Crippen LogP contribution in [0.2, 0.25) is 0 Å². The summed E-state index contributed by atoms with van der Waals surface area (Å²) < 4.78 is 36.8. The van der Waals surface area contributed by atoms with Crippen LogP contribution >= 0.6 is 24.0 Å². The Hall–Kier alpha value is -2.83. The number of sulfonamides is 1. The smallest absolute Gasteiger partial charge is 0.266 e. The van der Waals surface area contributed by atoms with Gasteiger partial charge in [-0.25, -0.2) is 13.1 Å². The average Bonchev–Trinajstić information content (AvgIpc) is 3.65. The SMILES string of the molecule is O=C1C(=Cc2cn(-c3ccccc3)nc2-c2cccc(S(=O)(=O)N3CCCCCC3)c2)SC(=S)N1CC1CCCO1. The van der Waals surface area contributed by atoms with E-state index in [1.807, 2.05) is 48.7 Å². The van der Waals surface area contributed by atoms with Crippen molar-refractivity contribution in [1.29, 1.82) is 0 Å². The molecular weight excluding hydrogens is 577 g/mol. The van der Waals surface area contributed by atoms with Crippen molar-refractivity contribution < 1.29 is 17.9 Å². The molecule has 1 aromatic heterocycles. The first-order chi connectivity index (χ1) is 19.9. The van der Waals surface area contributed by atoms with Gasteiger partial charge >= 0.3 is 0 Å². The molecule has 3 aliphatic rings. The molecule has 8 nitrogen and oxygen atoms in total. The van der Waals surface area contributed by atoms with Gasteiger partial charge < -0.3 is 4.74 Å². The fourth-order valence-corrected chi connectivity index (χ4v) is 8.29. The molecule has 3 aromatic rings. The van der Waals surface area contributed by atoms with Gasteiger partial charge in [-0.15, -0.1) is 0 Å². The Morgan fingerprint density at radius 3 is 2.54 bits per heavy atom. The van der Waals surface area contributed by atoms with Crippen LogP contribution in [0.4, 0.5) is 0 Å². The summed E-state index contributed by atoms with van der Waals surface area (Å²) in [4.78, 5) is 15.8. The number of hydrogen-bond donors (Lipinski definition) is 0. The predicted molar refractivity (Wildman–Crippen MR) is 165 cm³/mol. The second-order valence-corrected chi connectivity index (χ2v) is 14.1. The zero-order valence-corrected chi connectivity index (χ0v) is 25.1. The van der Waals surface area contributed by atoms with Crippen LogP contribution in [-0.2, 0) is 19.6 Å². The quantitative estimate of drug-likeness (QED) is 0.259. The summed E-state index contributed by atoms with van der Waals surface area (Å²) in [5.74, 6) is -0.147. The summed E-state index contributed by atoms with van der Waals surface area (Å²) in [5, 5.41) is 4.87. The van der Waals surface area contributed by atoms with Crippen molar-refractivity contribution in [2.45, 2.75) is 49.5 Å². The van der Waals surface area contributed by atoms with Crippen molar-refractivity contribution in [2.75, 3.05) is 26.2 Å². The Kier molecular flexibility index (Phi) is 8.41. The minimum absolute atomic E-state index is 0.00197. The molecule has 1 amide bonds. The molecule has 214 valence electrons. The highest BCUT2D eigenvalue weighted by atomic mass is 32.2. The van der Waals surface area contributed by atoms with E-state index in [9.17, 15) is 13.2 Å². The number of aromatic nitrogens is 2. The number of ether oxygens (including phenoxy) is 1. The van der Waals surface area contributed by atoms with Gasteiger partial charge in [0.25, 0.3) is 5.91 Å². The van der Waals surface area contributed by atoms with Gasteiger partial charge in [0.2, 0.25) is 10.0 Å². The molecule has 6 rings (SSSR count). The third-order valence-corrected chi connectivity index (χ3v) is 10.9. The van der Waals surface area contributed by atoms with Gasteiger partial charge in [0, 0.05) is 37.0 Å². The average molecular weight is 609 g/mol. The van der Waals surface area contributed by atoms with E-state index in [2.05, 4.69) is 0 Å². The topological polar surface area (TPSA) is 84.7 Å². The summed E-state index contributed by atoms with van der Waals surface area (Å²) in [5.41, 5.74) is 2.81. The largest absolute Gasteiger partial charge is 0.376 e.